The topological polar surface area (TPSA) is 64.4 Å². The Bertz CT molecular complexity index is 991. The molecule has 1 heterocycles. The van der Waals surface area contributed by atoms with E-state index in [4.69, 9.17) is 21.7 Å². The summed E-state index contributed by atoms with van der Waals surface area (Å²) in [7, 11) is 1.61. The third-order valence-corrected chi connectivity index (χ3v) is 4.11. The molecule has 134 valence electrons. The summed E-state index contributed by atoms with van der Waals surface area (Å²) >= 11 is 5.32. The Labute approximate surface area is 157 Å². The zero-order valence-corrected chi connectivity index (χ0v) is 15.7. The molecular weight excluding hydrogens is 348 g/mol. The third kappa shape index (κ3) is 3.67. The molecule has 0 bridgehead atoms. The molecule has 0 saturated heterocycles. The standard InChI is InChI=1S/C19H20N4O2S/c1-4-25-16-10-9-14(11-17(16)24-3)12-20-23-18(21-22-19(23)26)15-8-6-5-7-13(15)2/h5-12H,4H2,1-3H3,(H,22,26)/b20-12+. The first-order valence-electron chi connectivity index (χ1n) is 8.22. The largest absolute Gasteiger partial charge is 0.493 e. The lowest BCUT2D eigenvalue weighted by atomic mass is 10.1. The molecular formula is C19H20N4O2S. The molecule has 6 nitrogen and oxygen atoms in total. The highest BCUT2D eigenvalue weighted by molar-refractivity contribution is 7.71. The van der Waals surface area contributed by atoms with Crippen molar-refractivity contribution in [3.63, 3.8) is 0 Å². The number of nitrogens with zero attached hydrogens (tertiary/aromatic N) is 3. The summed E-state index contributed by atoms with van der Waals surface area (Å²) in [5, 5.41) is 11.6. The number of aromatic amines is 1. The van der Waals surface area contributed by atoms with E-state index in [1.54, 1.807) is 18.0 Å². The van der Waals surface area contributed by atoms with Crippen LogP contribution in [-0.2, 0) is 0 Å². The number of methoxy groups -OCH3 is 1. The van der Waals surface area contributed by atoms with Gasteiger partial charge in [-0.2, -0.15) is 14.9 Å². The maximum Gasteiger partial charge on any atom is 0.216 e. The highest BCUT2D eigenvalue weighted by Gasteiger charge is 2.10. The number of nitrogens with one attached hydrogen (secondary N) is 1. The maximum absolute atomic E-state index is 5.54. The van der Waals surface area contributed by atoms with Crippen molar-refractivity contribution < 1.29 is 9.47 Å². The first-order valence-corrected chi connectivity index (χ1v) is 8.63. The Hall–Kier alpha value is -2.93. The number of benzene rings is 2. The minimum absolute atomic E-state index is 0.428. The molecule has 0 spiro atoms. The van der Waals surface area contributed by atoms with E-state index in [-0.39, 0.29) is 0 Å². The van der Waals surface area contributed by atoms with E-state index in [1.165, 1.54) is 0 Å². The van der Waals surface area contributed by atoms with Crippen LogP contribution in [0.4, 0.5) is 0 Å². The Morgan fingerprint density at radius 1 is 1.23 bits per heavy atom. The van der Waals surface area contributed by atoms with Crippen molar-refractivity contribution in [1.29, 1.82) is 0 Å². The summed E-state index contributed by atoms with van der Waals surface area (Å²) in [6, 6.07) is 13.6. The molecule has 0 unspecified atom stereocenters. The molecule has 1 N–H and O–H groups in total. The number of hydrogen-bond donors (Lipinski definition) is 1. The summed E-state index contributed by atoms with van der Waals surface area (Å²) < 4.78 is 13.0. The van der Waals surface area contributed by atoms with Crippen LogP contribution in [-0.4, -0.2) is 34.8 Å². The van der Waals surface area contributed by atoms with Gasteiger partial charge in [-0.25, -0.2) is 5.10 Å². The molecule has 0 aliphatic heterocycles. The third-order valence-electron chi connectivity index (χ3n) is 3.85. The van der Waals surface area contributed by atoms with Crippen molar-refractivity contribution in [2.24, 2.45) is 5.10 Å². The van der Waals surface area contributed by atoms with Gasteiger partial charge in [0.2, 0.25) is 4.77 Å². The normalized spacial score (nSPS) is 11.0. The van der Waals surface area contributed by atoms with Gasteiger partial charge in [0.05, 0.1) is 19.9 Å². The number of rotatable bonds is 6. The zero-order chi connectivity index (χ0) is 18.5. The summed E-state index contributed by atoms with van der Waals surface area (Å²) in [5.74, 6) is 2.03. The highest BCUT2D eigenvalue weighted by atomic mass is 32.1. The fraction of sp³-hybridized carbons (Fsp3) is 0.211. The van der Waals surface area contributed by atoms with E-state index in [1.807, 2.05) is 56.3 Å². The smallest absolute Gasteiger partial charge is 0.216 e. The minimum atomic E-state index is 0.428. The lowest BCUT2D eigenvalue weighted by molar-refractivity contribution is 0.311. The fourth-order valence-corrected chi connectivity index (χ4v) is 2.74. The Kier molecular flexibility index (Phi) is 5.48. The van der Waals surface area contributed by atoms with Crippen LogP contribution in [0.1, 0.15) is 18.1 Å². The molecule has 3 aromatic rings. The van der Waals surface area contributed by atoms with Gasteiger partial charge in [0, 0.05) is 5.56 Å². The minimum Gasteiger partial charge on any atom is -0.493 e. The average Bonchev–Trinajstić information content (AvgIpc) is 3.02. The van der Waals surface area contributed by atoms with Gasteiger partial charge in [-0.1, -0.05) is 24.3 Å². The first kappa shape index (κ1) is 17.9. The van der Waals surface area contributed by atoms with Crippen LogP contribution < -0.4 is 9.47 Å². The lowest BCUT2D eigenvalue weighted by Gasteiger charge is -2.09. The number of H-pyrrole nitrogens is 1. The van der Waals surface area contributed by atoms with Gasteiger partial charge < -0.3 is 9.47 Å². The molecule has 0 fully saturated rings. The van der Waals surface area contributed by atoms with Crippen molar-refractivity contribution in [2.45, 2.75) is 13.8 Å². The van der Waals surface area contributed by atoms with E-state index in [0.717, 1.165) is 16.7 Å². The van der Waals surface area contributed by atoms with Crippen LogP contribution in [0, 0.1) is 11.7 Å². The molecule has 0 aliphatic carbocycles. The van der Waals surface area contributed by atoms with Crippen molar-refractivity contribution in [3.05, 3.63) is 58.4 Å². The molecule has 2 aromatic carbocycles. The molecule has 3 rings (SSSR count). The van der Waals surface area contributed by atoms with E-state index in [0.29, 0.717) is 28.7 Å². The zero-order valence-electron chi connectivity index (χ0n) is 14.9. The van der Waals surface area contributed by atoms with Gasteiger partial charge >= 0.3 is 0 Å². The molecule has 26 heavy (non-hydrogen) atoms. The van der Waals surface area contributed by atoms with Gasteiger partial charge in [0.25, 0.3) is 0 Å². The van der Waals surface area contributed by atoms with Crippen molar-refractivity contribution in [1.82, 2.24) is 14.9 Å². The van der Waals surface area contributed by atoms with Gasteiger partial charge in [-0.3, -0.25) is 0 Å². The first-order chi connectivity index (χ1) is 12.6. The van der Waals surface area contributed by atoms with E-state index < -0.39 is 0 Å². The maximum atomic E-state index is 5.54. The van der Waals surface area contributed by atoms with Gasteiger partial charge in [0.1, 0.15) is 0 Å². The van der Waals surface area contributed by atoms with Gasteiger partial charge in [-0.05, 0) is 55.4 Å². The number of aryl methyl sites for hydroxylation is 1. The quantitative estimate of drug-likeness (QED) is 0.523. The summed E-state index contributed by atoms with van der Waals surface area (Å²) in [6.07, 6.45) is 1.71. The molecule has 0 saturated carbocycles. The molecule has 7 heteroatoms. The predicted molar refractivity (Wildman–Crippen MR) is 105 cm³/mol. The SMILES string of the molecule is CCOc1ccc(/C=N/n2c(-c3ccccc3C)n[nH]c2=S)cc1OC. The molecule has 0 aliphatic rings. The van der Waals surface area contributed by atoms with E-state index in [2.05, 4.69) is 15.3 Å². The van der Waals surface area contributed by atoms with Crippen LogP contribution in [0.2, 0.25) is 0 Å². The second-order valence-electron chi connectivity index (χ2n) is 5.57. The summed E-state index contributed by atoms with van der Waals surface area (Å²) in [5.41, 5.74) is 2.94. The Morgan fingerprint density at radius 2 is 2.04 bits per heavy atom. The Balaban J connectivity index is 1.96. The summed E-state index contributed by atoms with van der Waals surface area (Å²) in [6.45, 7) is 4.54. The van der Waals surface area contributed by atoms with E-state index >= 15 is 0 Å². The lowest BCUT2D eigenvalue weighted by Crippen LogP contribution is -1.98. The van der Waals surface area contributed by atoms with Crippen molar-refractivity contribution in [2.75, 3.05) is 13.7 Å². The highest BCUT2D eigenvalue weighted by Crippen LogP contribution is 2.27. The van der Waals surface area contributed by atoms with Crippen LogP contribution in [0.5, 0.6) is 11.5 Å². The number of aromatic nitrogens is 3. The Morgan fingerprint density at radius 3 is 2.77 bits per heavy atom. The monoisotopic (exact) mass is 368 g/mol. The van der Waals surface area contributed by atoms with Crippen LogP contribution >= 0.6 is 12.2 Å². The second kappa shape index (κ2) is 7.97. The summed E-state index contributed by atoms with van der Waals surface area (Å²) in [4.78, 5) is 0. The van der Waals surface area contributed by atoms with Crippen LogP contribution in [0.3, 0.4) is 0 Å². The van der Waals surface area contributed by atoms with Crippen molar-refractivity contribution in [3.8, 4) is 22.9 Å². The van der Waals surface area contributed by atoms with E-state index in [9.17, 15) is 0 Å². The predicted octanol–water partition coefficient (Wildman–Crippen LogP) is 4.21. The number of ether oxygens (including phenoxy) is 2. The second-order valence-corrected chi connectivity index (χ2v) is 5.95. The van der Waals surface area contributed by atoms with Crippen LogP contribution in [0.15, 0.2) is 47.6 Å². The number of hydrogen-bond acceptors (Lipinski definition) is 5. The van der Waals surface area contributed by atoms with Crippen molar-refractivity contribution >= 4 is 18.4 Å². The average molecular weight is 368 g/mol. The molecule has 0 atom stereocenters. The molecule has 0 radical (unpaired) electrons. The van der Waals surface area contributed by atoms with Gasteiger partial charge in [0.15, 0.2) is 17.3 Å². The molecule has 1 aromatic heterocycles. The van der Waals surface area contributed by atoms with Gasteiger partial charge in [-0.15, -0.1) is 0 Å². The fourth-order valence-electron chi connectivity index (χ4n) is 2.56. The molecule has 0 amide bonds. The van der Waals surface area contributed by atoms with Crippen LogP contribution in [0.25, 0.3) is 11.4 Å².